The Kier molecular flexibility index (Phi) is 1.97. The Balaban J connectivity index is 2.37. The minimum atomic E-state index is -2.86. The maximum atomic E-state index is 14.3. The Morgan fingerprint density at radius 2 is 1.53 bits per heavy atom. The highest BCUT2D eigenvalue weighted by atomic mass is 19.3. The van der Waals surface area contributed by atoms with E-state index in [1.54, 1.807) is 24.3 Å². The monoisotopic (exact) mass is 228 g/mol. The van der Waals surface area contributed by atoms with Crippen LogP contribution in [0.15, 0.2) is 36.4 Å². The lowest BCUT2D eigenvalue weighted by molar-refractivity contribution is 0.0480. The Labute approximate surface area is 99.7 Å². The van der Waals surface area contributed by atoms with Gasteiger partial charge in [-0.3, -0.25) is 0 Å². The normalized spacial score (nSPS) is 15.5. The second-order valence-corrected chi connectivity index (χ2v) is 4.67. The van der Waals surface area contributed by atoms with E-state index in [0.717, 1.165) is 11.0 Å². The molecule has 0 saturated carbocycles. The average Bonchev–Trinajstić information content (AvgIpc) is 2.49. The number of hydrogen-bond acceptors (Lipinski definition) is 0. The third-order valence-corrected chi connectivity index (χ3v) is 3.32. The fourth-order valence-electron chi connectivity index (χ4n) is 2.45. The summed E-state index contributed by atoms with van der Waals surface area (Å²) in [7, 11) is 1.84. The molecule has 0 saturated heterocycles. The summed E-state index contributed by atoms with van der Waals surface area (Å²) in [5, 5.41) is 0. The van der Waals surface area contributed by atoms with E-state index in [1.807, 2.05) is 26.9 Å². The zero-order chi connectivity index (χ0) is 12.2. The fraction of sp³-hybridized carbons (Fsp3) is 0.143. The van der Waals surface area contributed by atoms with Crippen LogP contribution in [0.4, 0.5) is 8.78 Å². The summed E-state index contributed by atoms with van der Waals surface area (Å²) in [6, 6.07) is 10.5. The summed E-state index contributed by atoms with van der Waals surface area (Å²) in [5.41, 5.74) is 3.34. The van der Waals surface area contributed by atoms with Gasteiger partial charge < -0.3 is 0 Å². The lowest BCUT2D eigenvalue weighted by Crippen LogP contribution is -2.14. The molecular weight excluding hydrogens is 217 g/mol. The molecule has 84 valence electrons. The zero-order valence-electron chi connectivity index (χ0n) is 9.72. The summed E-state index contributed by atoms with van der Waals surface area (Å²) in [4.78, 5) is 0. The van der Waals surface area contributed by atoms with Crippen LogP contribution in [-0.2, 0) is 5.92 Å². The van der Waals surface area contributed by atoms with Gasteiger partial charge in [0.1, 0.15) is 7.85 Å². The van der Waals surface area contributed by atoms with Gasteiger partial charge in [0.2, 0.25) is 0 Å². The highest BCUT2D eigenvalue weighted by Gasteiger charge is 2.44. The summed E-state index contributed by atoms with van der Waals surface area (Å²) in [6.45, 7) is 1.84. The number of rotatable bonds is 0. The van der Waals surface area contributed by atoms with Crippen molar-refractivity contribution in [2.24, 2.45) is 0 Å². The van der Waals surface area contributed by atoms with Crippen molar-refractivity contribution in [2.75, 3.05) is 0 Å². The van der Waals surface area contributed by atoms with Crippen LogP contribution in [0.1, 0.15) is 16.7 Å². The van der Waals surface area contributed by atoms with Gasteiger partial charge in [0, 0.05) is 11.1 Å². The lowest BCUT2D eigenvalue weighted by Gasteiger charge is -2.12. The molecule has 2 aromatic carbocycles. The number of aryl methyl sites for hydroxylation is 1. The van der Waals surface area contributed by atoms with Crippen LogP contribution in [0, 0.1) is 6.92 Å². The molecular formula is C14H11BF2. The predicted molar refractivity (Wildman–Crippen MR) is 67.8 cm³/mol. The van der Waals surface area contributed by atoms with Gasteiger partial charge in [0.25, 0.3) is 5.92 Å². The molecule has 1 aliphatic carbocycles. The molecule has 3 heteroatoms. The van der Waals surface area contributed by atoms with Crippen LogP contribution in [0.25, 0.3) is 11.1 Å². The molecule has 17 heavy (non-hydrogen) atoms. The minimum Gasteiger partial charge on any atom is -0.196 e. The summed E-state index contributed by atoms with van der Waals surface area (Å²) in [6.07, 6.45) is 0. The topological polar surface area (TPSA) is 0 Å². The van der Waals surface area contributed by atoms with E-state index in [9.17, 15) is 8.78 Å². The molecule has 1 aliphatic rings. The van der Waals surface area contributed by atoms with Crippen molar-refractivity contribution in [1.82, 2.24) is 0 Å². The molecule has 0 atom stereocenters. The van der Waals surface area contributed by atoms with Crippen LogP contribution in [0.3, 0.4) is 0 Å². The van der Waals surface area contributed by atoms with Crippen LogP contribution in [-0.4, -0.2) is 7.85 Å². The Morgan fingerprint density at radius 3 is 2.24 bits per heavy atom. The highest BCUT2D eigenvalue weighted by Crippen LogP contribution is 2.50. The third-order valence-electron chi connectivity index (χ3n) is 3.32. The molecule has 0 radical (unpaired) electrons. The first-order valence-electron chi connectivity index (χ1n) is 5.60. The molecule has 0 bridgehead atoms. The second kappa shape index (κ2) is 3.19. The first-order valence-corrected chi connectivity index (χ1v) is 5.60. The van der Waals surface area contributed by atoms with E-state index < -0.39 is 5.92 Å². The average molecular weight is 228 g/mol. The van der Waals surface area contributed by atoms with Crippen LogP contribution < -0.4 is 5.46 Å². The first-order chi connectivity index (χ1) is 8.00. The summed E-state index contributed by atoms with van der Waals surface area (Å²) in [5.74, 6) is -2.86. The van der Waals surface area contributed by atoms with E-state index >= 15 is 0 Å². The molecule has 0 aromatic heterocycles. The van der Waals surface area contributed by atoms with Crippen LogP contribution >= 0.6 is 0 Å². The van der Waals surface area contributed by atoms with Gasteiger partial charge in [-0.1, -0.05) is 41.4 Å². The predicted octanol–water partition coefficient (Wildman–Crippen LogP) is 2.37. The van der Waals surface area contributed by atoms with Gasteiger partial charge in [-0.2, -0.15) is 8.78 Å². The second-order valence-electron chi connectivity index (χ2n) is 4.67. The Bertz CT molecular complexity index is 564. The zero-order valence-corrected chi connectivity index (χ0v) is 9.72. The molecule has 0 unspecified atom stereocenters. The first kappa shape index (κ1) is 10.5. The summed E-state index contributed by atoms with van der Waals surface area (Å²) >= 11 is 0. The van der Waals surface area contributed by atoms with Gasteiger partial charge in [0.05, 0.1) is 0 Å². The smallest absolute Gasteiger partial charge is 0.196 e. The van der Waals surface area contributed by atoms with Gasteiger partial charge in [0.15, 0.2) is 0 Å². The molecule has 0 spiro atoms. The molecule has 0 N–H and O–H groups in total. The maximum Gasteiger partial charge on any atom is 0.299 e. The van der Waals surface area contributed by atoms with Crippen molar-refractivity contribution in [2.45, 2.75) is 12.8 Å². The van der Waals surface area contributed by atoms with Crippen LogP contribution in [0.5, 0.6) is 0 Å². The van der Waals surface area contributed by atoms with Crippen LogP contribution in [0.2, 0.25) is 0 Å². The van der Waals surface area contributed by atoms with Gasteiger partial charge >= 0.3 is 0 Å². The van der Waals surface area contributed by atoms with Gasteiger partial charge in [-0.25, -0.2) is 0 Å². The van der Waals surface area contributed by atoms with Crippen molar-refractivity contribution in [3.8, 4) is 11.1 Å². The maximum absolute atomic E-state index is 14.3. The highest BCUT2D eigenvalue weighted by molar-refractivity contribution is 6.32. The van der Waals surface area contributed by atoms with E-state index in [2.05, 4.69) is 0 Å². The molecule has 0 fully saturated rings. The van der Waals surface area contributed by atoms with E-state index in [1.165, 1.54) is 0 Å². The Morgan fingerprint density at radius 1 is 0.941 bits per heavy atom. The standard InChI is InChI=1S/C14H11BF2/c1-8-2-4-10-11-5-3-9(15)7-13(11)14(16,17)12(10)6-8/h2-7H,15H2,1H3. The molecule has 0 aliphatic heterocycles. The quantitative estimate of drug-likeness (QED) is 0.607. The van der Waals surface area contributed by atoms with Crippen molar-refractivity contribution in [3.63, 3.8) is 0 Å². The van der Waals surface area contributed by atoms with Crippen molar-refractivity contribution >= 4 is 13.3 Å². The number of alkyl halides is 2. The number of hydrogen-bond donors (Lipinski definition) is 0. The van der Waals surface area contributed by atoms with Crippen molar-refractivity contribution in [3.05, 3.63) is 53.1 Å². The van der Waals surface area contributed by atoms with E-state index in [0.29, 0.717) is 11.1 Å². The van der Waals surface area contributed by atoms with E-state index in [4.69, 9.17) is 0 Å². The molecule has 0 amide bonds. The SMILES string of the molecule is Bc1ccc2c(c1)C(F)(F)c1cc(C)ccc1-2. The van der Waals surface area contributed by atoms with E-state index in [-0.39, 0.29) is 11.1 Å². The molecule has 3 rings (SSSR count). The number of fused-ring (bicyclic) bond motifs is 3. The molecule has 2 aromatic rings. The molecule has 0 heterocycles. The molecule has 0 nitrogen and oxygen atoms in total. The lowest BCUT2D eigenvalue weighted by atomic mass is 9.91. The third kappa shape index (κ3) is 1.35. The Hall–Kier alpha value is -1.64. The van der Waals surface area contributed by atoms with Crippen molar-refractivity contribution in [1.29, 1.82) is 0 Å². The number of benzene rings is 2. The largest absolute Gasteiger partial charge is 0.299 e. The van der Waals surface area contributed by atoms with Gasteiger partial charge in [-0.15, -0.1) is 0 Å². The van der Waals surface area contributed by atoms with Crippen molar-refractivity contribution < 1.29 is 8.78 Å². The van der Waals surface area contributed by atoms with Gasteiger partial charge in [-0.05, 0) is 24.1 Å². The minimum absolute atomic E-state index is 0.137. The number of halogens is 2. The summed E-state index contributed by atoms with van der Waals surface area (Å²) < 4.78 is 28.6. The fourth-order valence-corrected chi connectivity index (χ4v) is 2.45.